The van der Waals surface area contributed by atoms with Gasteiger partial charge >= 0.3 is 0 Å². The lowest BCUT2D eigenvalue weighted by molar-refractivity contribution is -0.0815. The minimum absolute atomic E-state index is 0.0928. The van der Waals surface area contributed by atoms with Gasteiger partial charge in [0.2, 0.25) is 0 Å². The van der Waals surface area contributed by atoms with E-state index in [-0.39, 0.29) is 5.60 Å². The number of aliphatic imine (C=N–C) groups is 1. The summed E-state index contributed by atoms with van der Waals surface area (Å²) in [7, 11) is 1.99. The van der Waals surface area contributed by atoms with Crippen molar-refractivity contribution < 1.29 is 9.47 Å². The predicted molar refractivity (Wildman–Crippen MR) is 115 cm³/mol. The first-order chi connectivity index (χ1) is 14.6. The Kier molecular flexibility index (Phi) is 7.22. The maximum atomic E-state index is 6.21. The van der Waals surface area contributed by atoms with E-state index in [4.69, 9.17) is 14.5 Å². The summed E-state index contributed by atoms with van der Waals surface area (Å²) in [4.78, 5) is 7.28. The zero-order chi connectivity index (χ0) is 20.8. The third kappa shape index (κ3) is 5.50. The van der Waals surface area contributed by atoms with Gasteiger partial charge in [0, 0.05) is 45.9 Å². The number of morpholine rings is 1. The van der Waals surface area contributed by atoms with Gasteiger partial charge in [-0.2, -0.15) is 0 Å². The van der Waals surface area contributed by atoms with E-state index in [1.54, 1.807) is 0 Å². The average Bonchev–Trinajstić information content (AvgIpc) is 3.33. The van der Waals surface area contributed by atoms with Crippen molar-refractivity contribution in [3.63, 3.8) is 0 Å². The number of aromatic nitrogens is 3. The van der Waals surface area contributed by atoms with Crippen LogP contribution in [0.15, 0.2) is 4.99 Å². The predicted octanol–water partition coefficient (Wildman–Crippen LogP) is 0.983. The molecule has 3 fully saturated rings. The number of nitrogens with zero attached hydrogens (tertiary/aromatic N) is 5. The number of guanidine groups is 1. The van der Waals surface area contributed by atoms with E-state index in [9.17, 15) is 0 Å². The molecular weight excluding hydrogens is 382 g/mol. The maximum absolute atomic E-state index is 6.21. The third-order valence-corrected chi connectivity index (χ3v) is 6.73. The van der Waals surface area contributed by atoms with Gasteiger partial charge in [0.25, 0.3) is 0 Å². The second-order valence-corrected chi connectivity index (χ2v) is 8.84. The molecule has 0 radical (unpaired) electrons. The van der Waals surface area contributed by atoms with Crippen LogP contribution in [-0.4, -0.2) is 83.3 Å². The summed E-state index contributed by atoms with van der Waals surface area (Å²) in [5.74, 6) is 2.65. The van der Waals surface area contributed by atoms with Crippen molar-refractivity contribution in [2.45, 2.75) is 63.6 Å². The Morgan fingerprint density at radius 1 is 1.20 bits per heavy atom. The second kappa shape index (κ2) is 10.1. The van der Waals surface area contributed by atoms with Gasteiger partial charge in [-0.1, -0.05) is 12.8 Å². The van der Waals surface area contributed by atoms with Crippen LogP contribution in [0.5, 0.6) is 0 Å². The molecule has 1 aliphatic carbocycles. The monoisotopic (exact) mass is 419 g/mol. The summed E-state index contributed by atoms with van der Waals surface area (Å²) in [5, 5.41) is 15.7. The number of ether oxygens (including phenoxy) is 2. The van der Waals surface area contributed by atoms with Gasteiger partial charge in [-0.3, -0.25) is 4.90 Å². The number of rotatable bonds is 6. The van der Waals surface area contributed by atoms with Crippen LogP contribution >= 0.6 is 0 Å². The molecule has 3 heterocycles. The molecular formula is C21H37N7O2. The van der Waals surface area contributed by atoms with Crippen LogP contribution in [0, 0.1) is 6.92 Å². The fourth-order valence-electron chi connectivity index (χ4n) is 4.76. The quantitative estimate of drug-likeness (QED) is 0.525. The van der Waals surface area contributed by atoms with Crippen LogP contribution in [0.25, 0.3) is 0 Å². The number of nitrogens with one attached hydrogen (secondary N) is 2. The van der Waals surface area contributed by atoms with E-state index in [1.807, 2.05) is 18.5 Å². The van der Waals surface area contributed by atoms with E-state index in [2.05, 4.69) is 25.7 Å². The topological polar surface area (TPSA) is 88.8 Å². The largest absolute Gasteiger partial charge is 0.379 e. The van der Waals surface area contributed by atoms with E-state index < -0.39 is 0 Å². The molecule has 2 saturated heterocycles. The minimum atomic E-state index is 0.0928. The number of aryl methyl sites for hydroxylation is 1. The minimum Gasteiger partial charge on any atom is -0.379 e. The highest BCUT2D eigenvalue weighted by Gasteiger charge is 2.40. The van der Waals surface area contributed by atoms with Crippen LogP contribution in [0.2, 0.25) is 0 Å². The molecule has 4 rings (SSSR count). The Hall–Kier alpha value is -1.71. The molecule has 3 aliphatic rings. The number of hydrogen-bond acceptors (Lipinski definition) is 6. The lowest BCUT2D eigenvalue weighted by Crippen LogP contribution is -2.51. The fourth-order valence-corrected chi connectivity index (χ4v) is 4.76. The molecule has 1 atom stereocenters. The second-order valence-electron chi connectivity index (χ2n) is 8.84. The summed E-state index contributed by atoms with van der Waals surface area (Å²) in [6, 6.07) is 0.396. The van der Waals surface area contributed by atoms with Crippen molar-refractivity contribution in [2.75, 3.05) is 46.0 Å². The Morgan fingerprint density at radius 3 is 2.73 bits per heavy atom. The van der Waals surface area contributed by atoms with Crippen molar-refractivity contribution in [1.29, 1.82) is 0 Å². The molecule has 1 aromatic rings. The zero-order valence-electron chi connectivity index (χ0n) is 18.5. The molecule has 30 heavy (non-hydrogen) atoms. The van der Waals surface area contributed by atoms with E-state index in [1.165, 1.54) is 25.7 Å². The van der Waals surface area contributed by atoms with Gasteiger partial charge in [-0.25, -0.2) is 4.99 Å². The van der Waals surface area contributed by atoms with Crippen molar-refractivity contribution in [2.24, 2.45) is 12.0 Å². The lowest BCUT2D eigenvalue weighted by atomic mass is 9.89. The van der Waals surface area contributed by atoms with Crippen molar-refractivity contribution >= 4 is 5.96 Å². The van der Waals surface area contributed by atoms with Gasteiger partial charge in [0.1, 0.15) is 12.4 Å². The van der Waals surface area contributed by atoms with Gasteiger partial charge < -0.3 is 24.7 Å². The van der Waals surface area contributed by atoms with Gasteiger partial charge in [0.15, 0.2) is 11.8 Å². The van der Waals surface area contributed by atoms with E-state index in [0.29, 0.717) is 12.6 Å². The molecule has 0 amide bonds. The van der Waals surface area contributed by atoms with Crippen LogP contribution in [-0.2, 0) is 23.1 Å². The summed E-state index contributed by atoms with van der Waals surface area (Å²) in [5.41, 5.74) is 0.0928. The Bertz CT molecular complexity index is 708. The van der Waals surface area contributed by atoms with Crippen molar-refractivity contribution in [3.05, 3.63) is 11.6 Å². The molecule has 2 N–H and O–H groups in total. The maximum Gasteiger partial charge on any atom is 0.191 e. The smallest absolute Gasteiger partial charge is 0.191 e. The molecule has 1 saturated carbocycles. The average molecular weight is 420 g/mol. The molecule has 0 bridgehead atoms. The Morgan fingerprint density at radius 2 is 2.00 bits per heavy atom. The molecule has 9 nitrogen and oxygen atoms in total. The fraction of sp³-hybridized carbons (Fsp3) is 0.857. The first kappa shape index (κ1) is 21.5. The zero-order valence-corrected chi connectivity index (χ0v) is 18.5. The third-order valence-electron chi connectivity index (χ3n) is 6.73. The molecule has 1 spiro atoms. The molecule has 2 aliphatic heterocycles. The van der Waals surface area contributed by atoms with E-state index >= 15 is 0 Å². The molecule has 0 aromatic carbocycles. The normalized spacial score (nSPS) is 25.0. The Labute approximate surface area is 179 Å². The highest BCUT2D eigenvalue weighted by molar-refractivity contribution is 5.80. The van der Waals surface area contributed by atoms with Crippen molar-refractivity contribution in [1.82, 2.24) is 30.3 Å². The molecule has 1 unspecified atom stereocenters. The highest BCUT2D eigenvalue weighted by Crippen LogP contribution is 2.39. The number of hydrogen-bond donors (Lipinski definition) is 2. The van der Waals surface area contributed by atoms with Crippen LogP contribution < -0.4 is 10.6 Å². The summed E-state index contributed by atoms with van der Waals surface area (Å²) >= 11 is 0. The van der Waals surface area contributed by atoms with E-state index in [0.717, 1.165) is 76.4 Å². The summed E-state index contributed by atoms with van der Waals surface area (Å²) in [6.45, 7) is 8.82. The molecule has 9 heteroatoms. The standard InChI is InChI=1S/C21H37N7O2/c1-17-25-26-19(27(17)2)16-23-20(22-8-9-28-10-13-29-14-11-28)24-18-5-12-30-21(15-18)6-3-4-7-21/h18H,3-16H2,1-2H3,(H2,22,23,24). The van der Waals surface area contributed by atoms with Gasteiger partial charge in [-0.05, 0) is 32.6 Å². The summed E-state index contributed by atoms with van der Waals surface area (Å²) < 4.78 is 13.7. The van der Waals surface area contributed by atoms with Gasteiger partial charge in [0.05, 0.1) is 18.8 Å². The van der Waals surface area contributed by atoms with Crippen LogP contribution in [0.1, 0.15) is 50.2 Å². The Balaban J connectivity index is 1.36. The van der Waals surface area contributed by atoms with Crippen molar-refractivity contribution in [3.8, 4) is 0 Å². The highest BCUT2D eigenvalue weighted by atomic mass is 16.5. The molecule has 1 aromatic heterocycles. The van der Waals surface area contributed by atoms with Gasteiger partial charge in [-0.15, -0.1) is 10.2 Å². The first-order valence-electron chi connectivity index (χ1n) is 11.5. The lowest BCUT2D eigenvalue weighted by Gasteiger charge is -2.39. The van der Waals surface area contributed by atoms with Crippen LogP contribution in [0.3, 0.4) is 0 Å². The van der Waals surface area contributed by atoms with Crippen LogP contribution in [0.4, 0.5) is 0 Å². The molecule has 168 valence electrons. The SMILES string of the molecule is Cc1nnc(CN=C(NCCN2CCOCC2)NC2CCOC3(CCCC3)C2)n1C. The first-order valence-corrected chi connectivity index (χ1v) is 11.5. The summed E-state index contributed by atoms with van der Waals surface area (Å²) in [6.07, 6.45) is 7.06.